The normalized spacial score (nSPS) is 9.77. The van der Waals surface area contributed by atoms with Crippen LogP contribution in [0.5, 0.6) is 0 Å². The van der Waals surface area contributed by atoms with E-state index in [9.17, 15) is 4.79 Å². The summed E-state index contributed by atoms with van der Waals surface area (Å²) in [5.41, 5.74) is 0. The van der Waals surface area contributed by atoms with E-state index in [0.29, 0.717) is 19.0 Å². The zero-order chi connectivity index (χ0) is 10.1. The number of ether oxygens (including phenoxy) is 1. The number of alkyl halides is 1. The van der Waals surface area contributed by atoms with E-state index in [1.165, 1.54) is 0 Å². The van der Waals surface area contributed by atoms with Gasteiger partial charge in [-0.1, -0.05) is 13.3 Å². The molecule has 0 fully saturated rings. The highest BCUT2D eigenvalue weighted by Gasteiger charge is 2.12. The molecule has 0 unspecified atom stereocenters. The van der Waals surface area contributed by atoms with Gasteiger partial charge in [-0.05, 0) is 13.3 Å². The highest BCUT2D eigenvalue weighted by Crippen LogP contribution is 1.99. The smallest absolute Gasteiger partial charge is 0.409 e. The van der Waals surface area contributed by atoms with Crippen LogP contribution in [0.3, 0.4) is 0 Å². The minimum absolute atomic E-state index is 0.253. The fourth-order valence-corrected chi connectivity index (χ4v) is 1.16. The van der Waals surface area contributed by atoms with Crippen molar-refractivity contribution in [3.63, 3.8) is 0 Å². The van der Waals surface area contributed by atoms with E-state index in [4.69, 9.17) is 16.3 Å². The third kappa shape index (κ3) is 5.75. The van der Waals surface area contributed by atoms with Crippen LogP contribution in [0.4, 0.5) is 4.79 Å². The number of amides is 1. The Labute approximate surface area is 85.0 Å². The number of nitrogens with zero attached hydrogens (tertiary/aromatic N) is 1. The molecule has 0 aromatic heterocycles. The summed E-state index contributed by atoms with van der Waals surface area (Å²) in [6.07, 6.45) is 1.81. The summed E-state index contributed by atoms with van der Waals surface area (Å²) in [6, 6.07) is 0. The van der Waals surface area contributed by atoms with Gasteiger partial charge in [0.25, 0.3) is 0 Å². The minimum Gasteiger partial charge on any atom is -0.450 e. The molecule has 3 nitrogen and oxygen atoms in total. The lowest BCUT2D eigenvalue weighted by molar-refractivity contribution is 0.109. The largest absolute Gasteiger partial charge is 0.450 e. The van der Waals surface area contributed by atoms with Gasteiger partial charge < -0.3 is 9.64 Å². The molecule has 0 spiro atoms. The minimum atomic E-state index is -0.253. The summed E-state index contributed by atoms with van der Waals surface area (Å²) >= 11 is 5.57. The Morgan fingerprint density at radius 3 is 2.54 bits per heavy atom. The zero-order valence-corrected chi connectivity index (χ0v) is 9.14. The average Bonchev–Trinajstić information content (AvgIpc) is 2.12. The molecule has 13 heavy (non-hydrogen) atoms. The van der Waals surface area contributed by atoms with E-state index in [1.54, 1.807) is 11.8 Å². The summed E-state index contributed by atoms with van der Waals surface area (Å²) in [7, 11) is 0. The maximum atomic E-state index is 11.3. The van der Waals surface area contributed by atoms with Crippen molar-refractivity contribution in [1.82, 2.24) is 4.90 Å². The van der Waals surface area contributed by atoms with Crippen molar-refractivity contribution in [2.75, 3.05) is 25.6 Å². The Balaban J connectivity index is 3.83. The second-order valence-electron chi connectivity index (χ2n) is 2.73. The summed E-state index contributed by atoms with van der Waals surface area (Å²) in [4.78, 5) is 12.9. The monoisotopic (exact) mass is 207 g/mol. The van der Waals surface area contributed by atoms with Gasteiger partial charge in [0.05, 0.1) is 6.61 Å². The molecule has 78 valence electrons. The van der Waals surface area contributed by atoms with Crippen molar-refractivity contribution in [1.29, 1.82) is 0 Å². The number of hydrogen-bond donors (Lipinski definition) is 0. The van der Waals surface area contributed by atoms with Crippen LogP contribution in [-0.2, 0) is 4.74 Å². The van der Waals surface area contributed by atoms with Crippen molar-refractivity contribution in [2.24, 2.45) is 0 Å². The topological polar surface area (TPSA) is 29.5 Å². The maximum absolute atomic E-state index is 11.3. The van der Waals surface area contributed by atoms with Crippen molar-refractivity contribution in [3.05, 3.63) is 0 Å². The first kappa shape index (κ1) is 12.6. The van der Waals surface area contributed by atoms with Crippen molar-refractivity contribution in [2.45, 2.75) is 26.7 Å². The number of hydrogen-bond acceptors (Lipinski definition) is 2. The molecule has 1 amide bonds. The van der Waals surface area contributed by atoms with E-state index in [1.807, 2.05) is 0 Å². The van der Waals surface area contributed by atoms with E-state index in [-0.39, 0.29) is 6.09 Å². The van der Waals surface area contributed by atoms with Crippen LogP contribution in [0.15, 0.2) is 0 Å². The standard InChI is InChI=1S/C9H18ClNO2/c1-3-5-7-11(8-6-10)9(12)13-4-2/h3-8H2,1-2H3. The first-order valence-electron chi connectivity index (χ1n) is 4.73. The highest BCUT2D eigenvalue weighted by molar-refractivity contribution is 6.18. The third-order valence-electron chi connectivity index (χ3n) is 1.66. The first-order chi connectivity index (χ1) is 6.26. The number of carbonyl (C=O) groups excluding carboxylic acids is 1. The van der Waals surface area contributed by atoms with Gasteiger partial charge in [0, 0.05) is 19.0 Å². The highest BCUT2D eigenvalue weighted by atomic mass is 35.5. The lowest BCUT2D eigenvalue weighted by Gasteiger charge is -2.20. The molecule has 0 aliphatic rings. The van der Waals surface area contributed by atoms with Crippen molar-refractivity contribution in [3.8, 4) is 0 Å². The molecular formula is C9H18ClNO2. The third-order valence-corrected chi connectivity index (χ3v) is 1.83. The molecule has 0 aliphatic carbocycles. The Hall–Kier alpha value is -0.440. The first-order valence-corrected chi connectivity index (χ1v) is 5.27. The molecule has 0 aliphatic heterocycles. The van der Waals surface area contributed by atoms with Gasteiger partial charge >= 0.3 is 6.09 Å². The number of halogens is 1. The number of rotatable bonds is 6. The maximum Gasteiger partial charge on any atom is 0.409 e. The lowest BCUT2D eigenvalue weighted by atomic mass is 10.3. The average molecular weight is 208 g/mol. The molecule has 0 saturated carbocycles. The molecule has 0 aromatic carbocycles. The molecule has 0 rings (SSSR count). The Morgan fingerprint density at radius 2 is 2.08 bits per heavy atom. The molecule has 4 heteroatoms. The fraction of sp³-hybridized carbons (Fsp3) is 0.889. The van der Waals surface area contributed by atoms with Gasteiger partial charge in [-0.3, -0.25) is 0 Å². The van der Waals surface area contributed by atoms with Crippen LogP contribution >= 0.6 is 11.6 Å². The Morgan fingerprint density at radius 1 is 1.38 bits per heavy atom. The molecule has 0 heterocycles. The van der Waals surface area contributed by atoms with E-state index in [2.05, 4.69) is 6.92 Å². The zero-order valence-electron chi connectivity index (χ0n) is 8.38. The van der Waals surface area contributed by atoms with Gasteiger partial charge in [0.1, 0.15) is 0 Å². The van der Waals surface area contributed by atoms with Crippen LogP contribution in [-0.4, -0.2) is 36.6 Å². The van der Waals surface area contributed by atoms with E-state index < -0.39 is 0 Å². The number of carbonyl (C=O) groups is 1. The van der Waals surface area contributed by atoms with Crippen LogP contribution in [0.2, 0.25) is 0 Å². The van der Waals surface area contributed by atoms with Gasteiger partial charge in [0.2, 0.25) is 0 Å². The van der Waals surface area contributed by atoms with Crippen molar-refractivity contribution >= 4 is 17.7 Å². The molecule has 0 saturated heterocycles. The van der Waals surface area contributed by atoms with Crippen LogP contribution in [0.1, 0.15) is 26.7 Å². The van der Waals surface area contributed by atoms with Gasteiger partial charge in [0.15, 0.2) is 0 Å². The van der Waals surface area contributed by atoms with Crippen LogP contribution < -0.4 is 0 Å². The number of unbranched alkanes of at least 4 members (excludes halogenated alkanes) is 1. The van der Waals surface area contributed by atoms with Gasteiger partial charge in [-0.2, -0.15) is 0 Å². The molecule has 0 radical (unpaired) electrons. The van der Waals surface area contributed by atoms with Gasteiger partial charge in [-0.25, -0.2) is 4.79 Å². The SMILES string of the molecule is CCCCN(CCCl)C(=O)OCC. The summed E-state index contributed by atoms with van der Waals surface area (Å²) < 4.78 is 4.88. The molecule has 0 atom stereocenters. The molecular weight excluding hydrogens is 190 g/mol. The Kier molecular flexibility index (Phi) is 7.90. The van der Waals surface area contributed by atoms with E-state index >= 15 is 0 Å². The predicted molar refractivity (Wildman–Crippen MR) is 54.2 cm³/mol. The summed E-state index contributed by atoms with van der Waals surface area (Å²) in [5, 5.41) is 0. The van der Waals surface area contributed by atoms with Crippen LogP contribution in [0.25, 0.3) is 0 Å². The lowest BCUT2D eigenvalue weighted by Crippen LogP contribution is -2.34. The molecule has 0 bridgehead atoms. The quantitative estimate of drug-likeness (QED) is 0.627. The van der Waals surface area contributed by atoms with E-state index in [0.717, 1.165) is 19.4 Å². The van der Waals surface area contributed by atoms with Crippen LogP contribution in [0, 0.1) is 0 Å². The Bertz CT molecular complexity index is 142. The van der Waals surface area contributed by atoms with Gasteiger partial charge in [-0.15, -0.1) is 11.6 Å². The predicted octanol–water partition coefficient (Wildman–Crippen LogP) is 2.48. The fourth-order valence-electron chi connectivity index (χ4n) is 0.960. The molecule has 0 aromatic rings. The second kappa shape index (κ2) is 8.17. The summed E-state index contributed by atoms with van der Waals surface area (Å²) in [6.45, 7) is 5.62. The summed E-state index contributed by atoms with van der Waals surface area (Å²) in [5.74, 6) is 0.461. The second-order valence-corrected chi connectivity index (χ2v) is 3.11. The van der Waals surface area contributed by atoms with Crippen molar-refractivity contribution < 1.29 is 9.53 Å². The molecule has 0 N–H and O–H groups in total.